The van der Waals surface area contributed by atoms with Gasteiger partial charge in [-0.15, -0.1) is 0 Å². The smallest absolute Gasteiger partial charge is 0.220 e. The van der Waals surface area contributed by atoms with Gasteiger partial charge in [-0.25, -0.2) is 0 Å². The largest absolute Gasteiger partial charge is 0.394 e. The van der Waals surface area contributed by atoms with E-state index in [-0.39, 0.29) is 12.5 Å². The fourth-order valence-corrected chi connectivity index (χ4v) is 11.0. The molecule has 4 heteroatoms. The van der Waals surface area contributed by atoms with Crippen LogP contribution in [0.25, 0.3) is 0 Å². The van der Waals surface area contributed by atoms with Crippen LogP contribution in [-0.2, 0) is 4.79 Å². The second-order valence-electron chi connectivity index (χ2n) is 23.6. The van der Waals surface area contributed by atoms with E-state index in [2.05, 4.69) is 55.6 Å². The lowest BCUT2D eigenvalue weighted by molar-refractivity contribution is -0.123. The third-order valence-corrected chi connectivity index (χ3v) is 16.2. The van der Waals surface area contributed by atoms with Crippen LogP contribution in [0.1, 0.15) is 386 Å². The van der Waals surface area contributed by atoms with Crippen molar-refractivity contribution in [3.8, 4) is 0 Å². The molecule has 0 saturated heterocycles. The lowest BCUT2D eigenvalue weighted by Crippen LogP contribution is -2.45. The highest BCUT2D eigenvalue weighted by Crippen LogP contribution is 2.19. The lowest BCUT2D eigenvalue weighted by Gasteiger charge is -2.22. The van der Waals surface area contributed by atoms with Gasteiger partial charge < -0.3 is 15.5 Å². The zero-order valence-electron chi connectivity index (χ0n) is 50.6. The summed E-state index contributed by atoms with van der Waals surface area (Å²) in [5.41, 5.74) is 0. The van der Waals surface area contributed by atoms with Gasteiger partial charge >= 0.3 is 0 Å². The van der Waals surface area contributed by atoms with E-state index in [1.807, 2.05) is 0 Å². The van der Waals surface area contributed by atoms with Crippen molar-refractivity contribution in [2.75, 3.05) is 6.61 Å². The van der Waals surface area contributed by atoms with Crippen LogP contribution in [0.15, 0.2) is 36.5 Å². The van der Waals surface area contributed by atoms with Gasteiger partial charge in [0.2, 0.25) is 5.91 Å². The molecule has 0 radical (unpaired) electrons. The van der Waals surface area contributed by atoms with Gasteiger partial charge in [-0.1, -0.05) is 365 Å². The average molecular weight is 1040 g/mol. The van der Waals surface area contributed by atoms with Gasteiger partial charge in [0.25, 0.3) is 0 Å². The Balaban J connectivity index is 3.40. The highest BCUT2D eigenvalue weighted by atomic mass is 16.3. The van der Waals surface area contributed by atoms with Crippen LogP contribution in [0, 0.1) is 0 Å². The Morgan fingerprint density at radius 3 is 0.824 bits per heavy atom. The second-order valence-corrected chi connectivity index (χ2v) is 23.6. The topological polar surface area (TPSA) is 69.6 Å². The van der Waals surface area contributed by atoms with E-state index < -0.39 is 12.1 Å². The summed E-state index contributed by atoms with van der Waals surface area (Å²) in [5.74, 6) is -0.0238. The number of nitrogens with one attached hydrogen (secondary N) is 1. The molecule has 0 fully saturated rings. The molecule has 2 unspecified atom stereocenters. The van der Waals surface area contributed by atoms with Gasteiger partial charge in [-0.2, -0.15) is 0 Å². The molecule has 0 heterocycles. The number of aliphatic hydroxyl groups excluding tert-OH is 2. The average Bonchev–Trinajstić information content (AvgIpc) is 3.40. The van der Waals surface area contributed by atoms with Crippen molar-refractivity contribution in [2.24, 2.45) is 0 Å². The third kappa shape index (κ3) is 61.5. The summed E-state index contributed by atoms with van der Waals surface area (Å²) in [6.07, 6.45) is 90.5. The number of carbonyl (C=O) groups excluding carboxylic acids is 1. The summed E-state index contributed by atoms with van der Waals surface area (Å²) in [6, 6.07) is -0.537. The minimum absolute atomic E-state index is 0.0238. The molecule has 2 atom stereocenters. The lowest BCUT2D eigenvalue weighted by atomic mass is 10.0. The van der Waals surface area contributed by atoms with E-state index >= 15 is 0 Å². The molecule has 0 aromatic carbocycles. The van der Waals surface area contributed by atoms with Crippen molar-refractivity contribution in [1.29, 1.82) is 0 Å². The Hall–Kier alpha value is -1.39. The van der Waals surface area contributed by atoms with Crippen LogP contribution < -0.4 is 5.32 Å². The van der Waals surface area contributed by atoms with E-state index in [0.717, 1.165) is 38.5 Å². The number of unbranched alkanes of at least 4 members (excludes halogenated alkanes) is 51. The quantitative estimate of drug-likeness (QED) is 0.0420. The summed E-state index contributed by atoms with van der Waals surface area (Å²) in [6.45, 7) is 4.39. The molecule has 0 bridgehead atoms. The molecule has 438 valence electrons. The molecule has 0 saturated carbocycles. The molecule has 0 spiro atoms. The minimum Gasteiger partial charge on any atom is -0.394 e. The van der Waals surface area contributed by atoms with Crippen molar-refractivity contribution >= 4 is 5.91 Å². The van der Waals surface area contributed by atoms with E-state index in [1.165, 1.54) is 321 Å². The maximum atomic E-state index is 12.6. The van der Waals surface area contributed by atoms with Crippen LogP contribution in [-0.4, -0.2) is 34.9 Å². The van der Waals surface area contributed by atoms with E-state index in [4.69, 9.17) is 0 Å². The summed E-state index contributed by atoms with van der Waals surface area (Å²) >= 11 is 0. The van der Waals surface area contributed by atoms with Gasteiger partial charge in [0.15, 0.2) is 0 Å². The molecular weight excluding hydrogens is 903 g/mol. The predicted molar refractivity (Wildman–Crippen MR) is 332 cm³/mol. The van der Waals surface area contributed by atoms with Gasteiger partial charge in [0, 0.05) is 6.42 Å². The molecule has 3 N–H and O–H groups in total. The molecular formula is C70H135NO3. The molecule has 74 heavy (non-hydrogen) atoms. The van der Waals surface area contributed by atoms with Crippen LogP contribution in [0.5, 0.6) is 0 Å². The minimum atomic E-state index is -0.660. The number of amides is 1. The standard InChI is InChI=1S/C70H135NO3/c1-3-5-7-9-11-13-15-17-19-21-23-25-27-29-31-33-34-35-36-38-40-42-44-46-48-50-52-54-56-58-60-62-64-66-70(74)71-68(67-72)69(73)65-63-61-59-57-55-53-51-49-47-45-43-41-39-37-32-30-28-26-24-22-20-18-16-14-12-10-8-6-4-2/h15,17,21,23,27,29,68-69,72-73H,3-14,16,18-20,22,24-26,28,30-67H2,1-2H3,(H,71,74)/b17-15-,23-21-,29-27-. The monoisotopic (exact) mass is 1040 g/mol. The first-order chi connectivity index (χ1) is 36.7. The first-order valence-electron chi connectivity index (χ1n) is 34.2. The van der Waals surface area contributed by atoms with Crippen LogP contribution >= 0.6 is 0 Å². The number of allylic oxidation sites excluding steroid dienone is 6. The van der Waals surface area contributed by atoms with Crippen molar-refractivity contribution in [3.63, 3.8) is 0 Å². The Kier molecular flexibility index (Phi) is 64.7. The molecule has 0 rings (SSSR count). The summed E-state index contributed by atoms with van der Waals surface area (Å²) in [7, 11) is 0. The van der Waals surface area contributed by atoms with Gasteiger partial charge in [-0.05, 0) is 51.4 Å². The number of rotatable bonds is 64. The zero-order valence-corrected chi connectivity index (χ0v) is 50.6. The van der Waals surface area contributed by atoms with E-state index in [1.54, 1.807) is 0 Å². The van der Waals surface area contributed by atoms with Crippen molar-refractivity contribution in [1.82, 2.24) is 5.32 Å². The first kappa shape index (κ1) is 72.6. The van der Waals surface area contributed by atoms with E-state index in [9.17, 15) is 15.0 Å². The fourth-order valence-electron chi connectivity index (χ4n) is 11.0. The molecule has 0 aliphatic rings. The Labute approximate surface area is 465 Å². The summed E-state index contributed by atoms with van der Waals surface area (Å²) in [4.78, 5) is 12.6. The summed E-state index contributed by atoms with van der Waals surface area (Å²) in [5, 5.41) is 23.5. The van der Waals surface area contributed by atoms with E-state index in [0.29, 0.717) is 12.8 Å². The second kappa shape index (κ2) is 65.9. The molecule has 0 aromatic heterocycles. The summed E-state index contributed by atoms with van der Waals surface area (Å²) < 4.78 is 0. The molecule has 4 nitrogen and oxygen atoms in total. The normalized spacial score (nSPS) is 12.9. The number of hydrogen-bond donors (Lipinski definition) is 3. The first-order valence-corrected chi connectivity index (χ1v) is 34.2. The highest BCUT2D eigenvalue weighted by molar-refractivity contribution is 5.76. The van der Waals surface area contributed by atoms with Gasteiger partial charge in [-0.3, -0.25) is 4.79 Å². The van der Waals surface area contributed by atoms with Crippen molar-refractivity contribution in [3.05, 3.63) is 36.5 Å². The van der Waals surface area contributed by atoms with Crippen molar-refractivity contribution in [2.45, 2.75) is 398 Å². The zero-order chi connectivity index (χ0) is 53.4. The predicted octanol–water partition coefficient (Wildman–Crippen LogP) is 23.2. The Morgan fingerprint density at radius 2 is 0.554 bits per heavy atom. The third-order valence-electron chi connectivity index (χ3n) is 16.2. The van der Waals surface area contributed by atoms with Gasteiger partial charge in [0.05, 0.1) is 18.8 Å². The number of carbonyl (C=O) groups is 1. The number of aliphatic hydroxyl groups is 2. The van der Waals surface area contributed by atoms with Crippen molar-refractivity contribution < 1.29 is 15.0 Å². The van der Waals surface area contributed by atoms with Crippen LogP contribution in [0.2, 0.25) is 0 Å². The van der Waals surface area contributed by atoms with Gasteiger partial charge in [0.1, 0.15) is 0 Å². The SMILES string of the molecule is CCCCCCC/C=C\C/C=C\C/C=C\CCCCCCCCCCCCCCCCCCCCC(=O)NC(CO)C(O)CCCCCCCCCCCCCCCCCCCCCCCCCCCCCCC. The maximum Gasteiger partial charge on any atom is 0.220 e. The molecule has 0 aromatic rings. The van der Waals surface area contributed by atoms with Crippen LogP contribution in [0.4, 0.5) is 0 Å². The molecule has 0 aliphatic heterocycles. The molecule has 0 aliphatic carbocycles. The Morgan fingerprint density at radius 1 is 0.324 bits per heavy atom. The molecule has 1 amide bonds. The highest BCUT2D eigenvalue weighted by Gasteiger charge is 2.20. The number of hydrogen-bond acceptors (Lipinski definition) is 3. The fraction of sp³-hybridized carbons (Fsp3) is 0.900. The van der Waals surface area contributed by atoms with Crippen LogP contribution in [0.3, 0.4) is 0 Å². The Bertz CT molecular complexity index is 1130. The maximum absolute atomic E-state index is 12.6.